The molecule has 3 nitrogen and oxygen atoms in total. The predicted octanol–water partition coefficient (Wildman–Crippen LogP) is -0.371. The molecular weight excluding hydrogens is 660 g/mol. The second-order valence-corrected chi connectivity index (χ2v) is 0. The minimum atomic E-state index is 0. The molecule has 68 valence electrons. The predicted molar refractivity (Wildman–Crippen MR) is 2.06 cm³/mol. The van der Waals surface area contributed by atoms with Crippen molar-refractivity contribution in [3.8, 4) is 0 Å². The number of hydrogen-bond acceptors (Lipinski definition) is 0. The Hall–Kier alpha value is 3.33. The van der Waals surface area contributed by atoms with E-state index < -0.39 is 0 Å². The standard InChI is InChI=1S/2Co.2Cr.3O.2Pt/q;;2*+3;3*-2;;. The molecule has 0 aliphatic carbocycles. The quantitative estimate of drug-likeness (QED) is 0.340. The van der Waals surface area contributed by atoms with Crippen molar-refractivity contribution in [2.75, 3.05) is 0 Å². The van der Waals surface area contributed by atoms with Crippen molar-refractivity contribution in [2.24, 2.45) is 0 Å². The summed E-state index contributed by atoms with van der Waals surface area (Å²) in [6.45, 7) is 0. The largest absolute Gasteiger partial charge is 3.00 e. The van der Waals surface area contributed by atoms with E-state index in [9.17, 15) is 0 Å². The Morgan fingerprint density at radius 3 is 0.444 bits per heavy atom. The van der Waals surface area contributed by atoms with E-state index in [4.69, 9.17) is 0 Å². The molecule has 0 amide bonds. The van der Waals surface area contributed by atoms with Crippen LogP contribution in [-0.2, 0) is 127 Å². The number of rotatable bonds is 0. The van der Waals surface area contributed by atoms with Gasteiger partial charge in [-0.15, -0.1) is 0 Å². The molecule has 9 heavy (non-hydrogen) atoms. The summed E-state index contributed by atoms with van der Waals surface area (Å²) in [4.78, 5) is 0. The van der Waals surface area contributed by atoms with Crippen LogP contribution in [0.2, 0.25) is 0 Å². The zero-order valence-electron chi connectivity index (χ0n) is 3.34. The molecule has 0 fully saturated rings. The molecule has 0 aliphatic heterocycles. The molecule has 0 spiro atoms. The zero-order chi connectivity index (χ0) is 0. The third-order valence-corrected chi connectivity index (χ3v) is 0. The molecule has 0 saturated heterocycles. The molecule has 0 aliphatic rings. The molecule has 0 aromatic carbocycles. The second-order valence-electron chi connectivity index (χ2n) is 0. The van der Waals surface area contributed by atoms with Gasteiger partial charge in [-0.2, -0.15) is 0 Å². The molecule has 9 heteroatoms. The minimum Gasteiger partial charge on any atom is -2.00 e. The Labute approximate surface area is 125 Å². The van der Waals surface area contributed by atoms with Crippen molar-refractivity contribution in [3.63, 3.8) is 0 Å². The van der Waals surface area contributed by atoms with Crippen molar-refractivity contribution in [3.05, 3.63) is 0 Å². The van der Waals surface area contributed by atoms with Gasteiger partial charge in [-0.1, -0.05) is 0 Å². The van der Waals surface area contributed by atoms with E-state index in [1.807, 2.05) is 0 Å². The third-order valence-electron chi connectivity index (χ3n) is 0. The summed E-state index contributed by atoms with van der Waals surface area (Å²) in [6, 6.07) is 0. The first-order valence-corrected chi connectivity index (χ1v) is 0. The molecule has 0 aromatic heterocycles. The molecule has 0 bridgehead atoms. The van der Waals surface area contributed by atoms with Gasteiger partial charge in [0.25, 0.3) is 0 Å². The van der Waals surface area contributed by atoms with Crippen molar-refractivity contribution in [2.45, 2.75) is 0 Å². The molecule has 0 rings (SSSR count). The van der Waals surface area contributed by atoms with Gasteiger partial charge in [-0.3, -0.25) is 0 Å². The van der Waals surface area contributed by atoms with Crippen molar-refractivity contribution in [1.82, 2.24) is 0 Å². The fraction of sp³-hybridized carbons (Fsp3) is 0. The van der Waals surface area contributed by atoms with Gasteiger partial charge in [0.05, 0.1) is 0 Å². The molecule has 0 heterocycles. The van der Waals surface area contributed by atoms with Gasteiger partial charge < -0.3 is 16.4 Å². The summed E-state index contributed by atoms with van der Waals surface area (Å²) in [5, 5.41) is 0. The van der Waals surface area contributed by atoms with Gasteiger partial charge in [0.2, 0.25) is 0 Å². The maximum Gasteiger partial charge on any atom is 3.00 e. The molecule has 4 radical (unpaired) electrons. The monoisotopic (exact) mass is 660 g/mol. The molecule has 0 aromatic rings. The average molecular weight is 660 g/mol. The van der Waals surface area contributed by atoms with Gasteiger partial charge in [0.1, 0.15) is 0 Å². The van der Waals surface area contributed by atoms with E-state index in [0.29, 0.717) is 0 Å². The van der Waals surface area contributed by atoms with E-state index in [2.05, 4.69) is 0 Å². The summed E-state index contributed by atoms with van der Waals surface area (Å²) in [7, 11) is 0. The fourth-order valence-corrected chi connectivity index (χ4v) is 0. The van der Waals surface area contributed by atoms with E-state index in [-0.39, 0.29) is 127 Å². The minimum absolute atomic E-state index is 0. The summed E-state index contributed by atoms with van der Waals surface area (Å²) in [5.41, 5.74) is 0. The Kier molecular flexibility index (Phi) is 1720. The average Bonchev–Trinajstić information content (AvgIpc) is 0. The van der Waals surface area contributed by atoms with Crippen LogP contribution in [0.5, 0.6) is 0 Å². The van der Waals surface area contributed by atoms with Crippen LogP contribution in [-0.4, -0.2) is 0 Å². The second kappa shape index (κ2) is 109. The van der Waals surface area contributed by atoms with E-state index in [1.165, 1.54) is 0 Å². The molecule has 0 atom stereocenters. The Morgan fingerprint density at radius 2 is 0.444 bits per heavy atom. The van der Waals surface area contributed by atoms with Crippen LogP contribution in [0.3, 0.4) is 0 Å². The van der Waals surface area contributed by atoms with E-state index in [0.717, 1.165) is 0 Å². The van der Waals surface area contributed by atoms with Crippen LogP contribution in [0.15, 0.2) is 0 Å². The van der Waals surface area contributed by atoms with E-state index in [1.54, 1.807) is 0 Å². The Balaban J connectivity index is 0. The topological polar surface area (TPSA) is 85.5 Å². The summed E-state index contributed by atoms with van der Waals surface area (Å²) >= 11 is 0. The SMILES string of the molecule is [Co].[Co].[Cr+3].[Cr+3].[O-2].[O-2].[O-2].[Pt].[Pt]. The van der Waals surface area contributed by atoms with E-state index >= 15 is 0 Å². The first kappa shape index (κ1) is 143. The zero-order valence-corrected chi connectivity index (χ0v) is 12.5. The van der Waals surface area contributed by atoms with Crippen molar-refractivity contribution >= 4 is 0 Å². The van der Waals surface area contributed by atoms with Crippen LogP contribution in [0.4, 0.5) is 0 Å². The van der Waals surface area contributed by atoms with Crippen LogP contribution in [0, 0.1) is 0 Å². The molecule has 0 N–H and O–H groups in total. The summed E-state index contributed by atoms with van der Waals surface area (Å²) < 4.78 is 0. The normalized spacial score (nSPS) is 0. The summed E-state index contributed by atoms with van der Waals surface area (Å²) in [6.07, 6.45) is 0. The van der Waals surface area contributed by atoms with Crippen LogP contribution in [0.1, 0.15) is 0 Å². The van der Waals surface area contributed by atoms with Crippen LogP contribution in [0.25, 0.3) is 0 Å². The molecule has 0 saturated carbocycles. The van der Waals surface area contributed by atoms with Crippen LogP contribution >= 0.6 is 0 Å². The maximum absolute atomic E-state index is 0. The fourth-order valence-electron chi connectivity index (χ4n) is 0. The Morgan fingerprint density at radius 1 is 0.444 bits per heavy atom. The first-order chi connectivity index (χ1) is 0. The van der Waals surface area contributed by atoms with Crippen LogP contribution < -0.4 is 0 Å². The van der Waals surface area contributed by atoms with Crippen molar-refractivity contribution < 1.29 is 127 Å². The van der Waals surface area contributed by atoms with Gasteiger partial charge in [0, 0.05) is 75.7 Å². The third kappa shape index (κ3) is 88.8. The number of hydrogen-bond donors (Lipinski definition) is 0. The van der Waals surface area contributed by atoms with Crippen molar-refractivity contribution in [1.29, 1.82) is 0 Å². The smallest absolute Gasteiger partial charge is 2.00 e. The first-order valence-electron chi connectivity index (χ1n) is 0. The maximum atomic E-state index is 0. The van der Waals surface area contributed by atoms with Gasteiger partial charge in [-0.05, 0) is 0 Å². The van der Waals surface area contributed by atoms with Gasteiger partial charge in [0.15, 0.2) is 0 Å². The molecule has 0 unspecified atom stereocenters. The van der Waals surface area contributed by atoms with Gasteiger partial charge >= 0.3 is 34.7 Å². The summed E-state index contributed by atoms with van der Waals surface area (Å²) in [5.74, 6) is 0. The molecular formula is Co2Cr2O3Pt2. The van der Waals surface area contributed by atoms with Gasteiger partial charge in [-0.25, -0.2) is 0 Å². The Bertz CT molecular complexity index is 17.8.